The lowest BCUT2D eigenvalue weighted by Crippen LogP contribution is -2.34. The standard InChI is InChI=1S/C8H17FN2O2/c1-2-13-8(12)7(11)4-3-6(10)5-9/h6-7H,2-5,10-11H2,1H3. The molecule has 13 heavy (non-hydrogen) atoms. The molecule has 78 valence electrons. The van der Waals surface area contributed by atoms with Crippen LogP contribution >= 0.6 is 0 Å². The number of nitrogens with two attached hydrogens (primary N) is 2. The molecule has 0 fully saturated rings. The van der Waals surface area contributed by atoms with Crippen LogP contribution in [0.15, 0.2) is 0 Å². The Kier molecular flexibility index (Phi) is 6.44. The summed E-state index contributed by atoms with van der Waals surface area (Å²) in [7, 11) is 0. The minimum absolute atomic E-state index is 0.307. The second-order valence-electron chi connectivity index (χ2n) is 2.85. The molecule has 0 saturated heterocycles. The number of carbonyl (C=O) groups excluding carboxylic acids is 1. The van der Waals surface area contributed by atoms with Crippen molar-refractivity contribution in [3.8, 4) is 0 Å². The Balaban J connectivity index is 3.60. The monoisotopic (exact) mass is 192 g/mol. The summed E-state index contributed by atoms with van der Waals surface area (Å²) >= 11 is 0. The number of alkyl halides is 1. The maximum Gasteiger partial charge on any atom is 0.322 e. The number of hydrogen-bond donors (Lipinski definition) is 2. The third-order valence-electron chi connectivity index (χ3n) is 1.64. The highest BCUT2D eigenvalue weighted by Crippen LogP contribution is 2.00. The van der Waals surface area contributed by atoms with Gasteiger partial charge in [0.25, 0.3) is 0 Å². The van der Waals surface area contributed by atoms with E-state index in [2.05, 4.69) is 4.74 Å². The fourth-order valence-corrected chi connectivity index (χ4v) is 0.838. The van der Waals surface area contributed by atoms with Gasteiger partial charge in [0.2, 0.25) is 0 Å². The number of carbonyl (C=O) groups is 1. The summed E-state index contributed by atoms with van der Waals surface area (Å²) in [4.78, 5) is 11.0. The number of hydrogen-bond acceptors (Lipinski definition) is 4. The summed E-state index contributed by atoms with van der Waals surface area (Å²) in [5, 5.41) is 0. The minimum atomic E-state index is -0.683. The molecule has 0 amide bonds. The molecular formula is C8H17FN2O2. The van der Waals surface area contributed by atoms with Gasteiger partial charge in [-0.3, -0.25) is 4.79 Å². The van der Waals surface area contributed by atoms with E-state index in [9.17, 15) is 9.18 Å². The zero-order valence-electron chi connectivity index (χ0n) is 7.83. The van der Waals surface area contributed by atoms with Crippen molar-refractivity contribution in [2.75, 3.05) is 13.3 Å². The average Bonchev–Trinajstić information content (AvgIpc) is 2.13. The predicted molar refractivity (Wildman–Crippen MR) is 47.8 cm³/mol. The molecule has 0 aromatic heterocycles. The fraction of sp³-hybridized carbons (Fsp3) is 0.875. The van der Waals surface area contributed by atoms with Crippen LogP contribution in [0.5, 0.6) is 0 Å². The molecule has 0 aliphatic carbocycles. The van der Waals surface area contributed by atoms with Gasteiger partial charge in [-0.15, -0.1) is 0 Å². The quantitative estimate of drug-likeness (QED) is 0.578. The van der Waals surface area contributed by atoms with E-state index in [1.165, 1.54) is 0 Å². The van der Waals surface area contributed by atoms with Crippen molar-refractivity contribution in [2.45, 2.75) is 31.8 Å². The molecule has 0 rings (SSSR count). The molecule has 0 radical (unpaired) electrons. The van der Waals surface area contributed by atoms with Gasteiger partial charge in [-0.1, -0.05) is 0 Å². The van der Waals surface area contributed by atoms with Crippen molar-refractivity contribution in [3.05, 3.63) is 0 Å². The molecule has 0 aliphatic rings. The fourth-order valence-electron chi connectivity index (χ4n) is 0.838. The maximum atomic E-state index is 11.9. The first-order chi connectivity index (χ1) is 6.11. The summed E-state index contributed by atoms with van der Waals surface area (Å²) in [6.07, 6.45) is 0.764. The predicted octanol–water partition coefficient (Wildman–Crippen LogP) is -0.0462. The van der Waals surface area contributed by atoms with Crippen molar-refractivity contribution in [1.82, 2.24) is 0 Å². The molecule has 0 spiro atoms. The van der Waals surface area contributed by atoms with Gasteiger partial charge in [-0.05, 0) is 19.8 Å². The van der Waals surface area contributed by atoms with Crippen LogP contribution in [-0.2, 0) is 9.53 Å². The first-order valence-corrected chi connectivity index (χ1v) is 4.35. The lowest BCUT2D eigenvalue weighted by molar-refractivity contribution is -0.144. The largest absolute Gasteiger partial charge is 0.465 e. The highest BCUT2D eigenvalue weighted by Gasteiger charge is 2.15. The van der Waals surface area contributed by atoms with E-state index >= 15 is 0 Å². The molecule has 2 unspecified atom stereocenters. The van der Waals surface area contributed by atoms with Crippen LogP contribution in [0.4, 0.5) is 4.39 Å². The Labute approximate surface area is 77.4 Å². The van der Waals surface area contributed by atoms with Crippen LogP contribution in [0.25, 0.3) is 0 Å². The number of halogens is 1. The minimum Gasteiger partial charge on any atom is -0.465 e. The van der Waals surface area contributed by atoms with E-state index in [0.717, 1.165) is 0 Å². The van der Waals surface area contributed by atoms with Crippen LogP contribution in [0.2, 0.25) is 0 Å². The number of rotatable bonds is 6. The first-order valence-electron chi connectivity index (χ1n) is 4.35. The van der Waals surface area contributed by atoms with E-state index < -0.39 is 24.7 Å². The van der Waals surface area contributed by atoms with Crippen molar-refractivity contribution in [1.29, 1.82) is 0 Å². The Morgan fingerprint density at radius 3 is 2.54 bits per heavy atom. The number of ether oxygens (including phenoxy) is 1. The lowest BCUT2D eigenvalue weighted by atomic mass is 10.1. The highest BCUT2D eigenvalue weighted by atomic mass is 19.1. The van der Waals surface area contributed by atoms with E-state index in [1.54, 1.807) is 6.92 Å². The third-order valence-corrected chi connectivity index (χ3v) is 1.64. The summed E-state index contributed by atoms with van der Waals surface area (Å²) in [6, 6.07) is -1.21. The van der Waals surface area contributed by atoms with Gasteiger partial charge in [-0.2, -0.15) is 0 Å². The molecule has 4 nitrogen and oxygen atoms in total. The Bertz CT molecular complexity index is 155. The topological polar surface area (TPSA) is 78.3 Å². The lowest BCUT2D eigenvalue weighted by Gasteiger charge is -2.12. The van der Waals surface area contributed by atoms with E-state index in [0.29, 0.717) is 19.4 Å². The van der Waals surface area contributed by atoms with Crippen LogP contribution < -0.4 is 11.5 Å². The molecule has 2 atom stereocenters. The average molecular weight is 192 g/mol. The zero-order chi connectivity index (χ0) is 10.3. The second-order valence-corrected chi connectivity index (χ2v) is 2.85. The first kappa shape index (κ1) is 12.3. The molecule has 5 heteroatoms. The molecule has 0 heterocycles. The Morgan fingerprint density at radius 2 is 2.08 bits per heavy atom. The molecular weight excluding hydrogens is 175 g/mol. The van der Waals surface area contributed by atoms with Crippen molar-refractivity contribution in [3.63, 3.8) is 0 Å². The molecule has 0 aromatic rings. The van der Waals surface area contributed by atoms with Gasteiger partial charge in [0.15, 0.2) is 0 Å². The third kappa shape index (κ3) is 5.54. The van der Waals surface area contributed by atoms with Gasteiger partial charge < -0.3 is 16.2 Å². The highest BCUT2D eigenvalue weighted by molar-refractivity contribution is 5.75. The maximum absolute atomic E-state index is 11.9. The van der Waals surface area contributed by atoms with Gasteiger partial charge >= 0.3 is 5.97 Å². The normalized spacial score (nSPS) is 15.1. The second kappa shape index (κ2) is 6.80. The van der Waals surface area contributed by atoms with Gasteiger partial charge in [0.1, 0.15) is 12.7 Å². The van der Waals surface area contributed by atoms with E-state index in [1.807, 2.05) is 0 Å². The molecule has 0 aliphatic heterocycles. The smallest absolute Gasteiger partial charge is 0.322 e. The van der Waals surface area contributed by atoms with Crippen molar-refractivity contribution in [2.24, 2.45) is 11.5 Å². The van der Waals surface area contributed by atoms with Crippen molar-refractivity contribution >= 4 is 5.97 Å². The van der Waals surface area contributed by atoms with Crippen LogP contribution in [0.3, 0.4) is 0 Å². The summed E-state index contributed by atoms with van der Waals surface area (Å²) in [6.45, 7) is 1.43. The summed E-state index contributed by atoms with van der Waals surface area (Å²) in [5.41, 5.74) is 10.8. The van der Waals surface area contributed by atoms with Crippen LogP contribution in [0.1, 0.15) is 19.8 Å². The van der Waals surface area contributed by atoms with Gasteiger partial charge in [-0.25, -0.2) is 4.39 Å². The zero-order valence-corrected chi connectivity index (χ0v) is 7.83. The summed E-state index contributed by atoms with van der Waals surface area (Å²) < 4.78 is 16.6. The SMILES string of the molecule is CCOC(=O)C(N)CCC(N)CF. The Hall–Kier alpha value is -0.680. The molecule has 0 saturated carbocycles. The van der Waals surface area contributed by atoms with Crippen LogP contribution in [-0.4, -0.2) is 31.3 Å². The van der Waals surface area contributed by atoms with E-state index in [-0.39, 0.29) is 0 Å². The summed E-state index contributed by atoms with van der Waals surface area (Å²) in [5.74, 6) is -0.450. The van der Waals surface area contributed by atoms with Crippen LogP contribution in [0, 0.1) is 0 Å². The van der Waals surface area contributed by atoms with E-state index in [4.69, 9.17) is 11.5 Å². The molecule has 0 aromatic carbocycles. The molecule has 4 N–H and O–H groups in total. The van der Waals surface area contributed by atoms with Gasteiger partial charge in [0, 0.05) is 6.04 Å². The Morgan fingerprint density at radius 1 is 1.46 bits per heavy atom. The van der Waals surface area contributed by atoms with Gasteiger partial charge in [0.05, 0.1) is 6.61 Å². The molecule has 0 bridgehead atoms. The number of esters is 1. The van der Waals surface area contributed by atoms with Crippen molar-refractivity contribution < 1.29 is 13.9 Å².